The van der Waals surface area contributed by atoms with Gasteiger partial charge in [-0.15, -0.1) is 0 Å². The molecule has 0 spiro atoms. The van der Waals surface area contributed by atoms with Crippen LogP contribution in [-0.4, -0.2) is 6.09 Å². The summed E-state index contributed by atoms with van der Waals surface area (Å²) in [5.41, 5.74) is 18.2. The van der Waals surface area contributed by atoms with E-state index >= 15 is 0 Å². The molecule has 0 fully saturated rings. The molecule has 0 saturated carbocycles. The predicted octanol–water partition coefficient (Wildman–Crippen LogP) is 2.61. The van der Waals surface area contributed by atoms with E-state index in [2.05, 4.69) is 0 Å². The molecule has 0 aromatic heterocycles. The van der Waals surface area contributed by atoms with Gasteiger partial charge in [0.1, 0.15) is 0 Å². The molecular formula is C15H13N3O2. The van der Waals surface area contributed by atoms with Crippen molar-refractivity contribution in [1.82, 2.24) is 0 Å². The van der Waals surface area contributed by atoms with E-state index in [9.17, 15) is 4.79 Å². The number of carbonyl (C=O) groups excluding carboxylic acids is 1. The fraction of sp³-hybridized carbons (Fsp3) is 0. The molecule has 6 N–H and O–H groups in total. The molecule has 3 rings (SSSR count). The fourth-order valence-electron chi connectivity index (χ4n) is 2.44. The molecule has 0 radical (unpaired) electrons. The first-order chi connectivity index (χ1) is 9.58. The van der Waals surface area contributed by atoms with E-state index in [4.69, 9.17) is 21.9 Å². The molecule has 5 heteroatoms. The van der Waals surface area contributed by atoms with E-state index in [0.29, 0.717) is 27.9 Å². The first-order valence-corrected chi connectivity index (χ1v) is 6.04. The number of benzene rings is 3. The molecule has 0 aliphatic carbocycles. The van der Waals surface area contributed by atoms with Crippen molar-refractivity contribution < 1.29 is 9.53 Å². The van der Waals surface area contributed by atoms with Crippen LogP contribution in [0.1, 0.15) is 0 Å². The van der Waals surface area contributed by atoms with Gasteiger partial charge in [-0.3, -0.25) is 0 Å². The summed E-state index contributed by atoms with van der Waals surface area (Å²) in [5.74, 6) is 0.307. The van der Waals surface area contributed by atoms with Crippen molar-refractivity contribution >= 4 is 39.0 Å². The Hall–Kier alpha value is -2.95. The van der Waals surface area contributed by atoms with E-state index in [1.165, 1.54) is 0 Å². The number of hydrogen-bond donors (Lipinski definition) is 3. The monoisotopic (exact) mass is 267 g/mol. The molecule has 0 heterocycles. The van der Waals surface area contributed by atoms with Gasteiger partial charge in [-0.2, -0.15) is 0 Å². The lowest BCUT2D eigenvalue weighted by Gasteiger charge is -2.13. The molecule has 0 bridgehead atoms. The number of ether oxygens (including phenoxy) is 1. The van der Waals surface area contributed by atoms with Gasteiger partial charge in [0.15, 0.2) is 5.75 Å². The third-order valence-electron chi connectivity index (χ3n) is 3.23. The Labute approximate surface area is 114 Å². The van der Waals surface area contributed by atoms with Crippen LogP contribution in [0.2, 0.25) is 0 Å². The van der Waals surface area contributed by atoms with Crippen LogP contribution < -0.4 is 21.9 Å². The Morgan fingerprint density at radius 2 is 1.40 bits per heavy atom. The normalized spacial score (nSPS) is 10.8. The summed E-state index contributed by atoms with van der Waals surface area (Å²) in [6.45, 7) is 0. The summed E-state index contributed by atoms with van der Waals surface area (Å²) < 4.78 is 5.18. The minimum Gasteiger partial charge on any atom is -0.409 e. The highest BCUT2D eigenvalue weighted by molar-refractivity contribution is 6.14. The highest BCUT2D eigenvalue weighted by Crippen LogP contribution is 2.40. The zero-order valence-electron chi connectivity index (χ0n) is 10.6. The Balaban J connectivity index is 2.55. The summed E-state index contributed by atoms with van der Waals surface area (Å²) in [7, 11) is 0. The number of rotatable bonds is 1. The van der Waals surface area contributed by atoms with Gasteiger partial charge < -0.3 is 21.9 Å². The molecule has 0 saturated heterocycles. The number of amides is 1. The Morgan fingerprint density at radius 3 is 1.85 bits per heavy atom. The van der Waals surface area contributed by atoms with Crippen LogP contribution in [0.5, 0.6) is 5.75 Å². The second-order valence-corrected chi connectivity index (χ2v) is 4.52. The van der Waals surface area contributed by atoms with Crippen LogP contribution >= 0.6 is 0 Å². The molecular weight excluding hydrogens is 254 g/mol. The molecule has 3 aromatic rings. The summed E-state index contributed by atoms with van der Waals surface area (Å²) in [4.78, 5) is 11.2. The quantitative estimate of drug-likeness (QED) is 0.465. The van der Waals surface area contributed by atoms with Crippen molar-refractivity contribution in [2.24, 2.45) is 5.73 Å². The molecule has 20 heavy (non-hydrogen) atoms. The lowest BCUT2D eigenvalue weighted by atomic mass is 10.00. The van der Waals surface area contributed by atoms with Crippen molar-refractivity contribution in [2.75, 3.05) is 11.5 Å². The van der Waals surface area contributed by atoms with Gasteiger partial charge in [0.05, 0.1) is 0 Å². The van der Waals surface area contributed by atoms with Crippen LogP contribution in [-0.2, 0) is 0 Å². The van der Waals surface area contributed by atoms with E-state index < -0.39 is 6.09 Å². The zero-order chi connectivity index (χ0) is 14.3. The minimum atomic E-state index is -0.898. The number of nitrogens with two attached hydrogens (primary N) is 3. The predicted molar refractivity (Wildman–Crippen MR) is 80.5 cm³/mol. The molecule has 0 aliphatic heterocycles. The van der Waals surface area contributed by atoms with Gasteiger partial charge in [-0.25, -0.2) is 4.79 Å². The largest absolute Gasteiger partial charge is 0.410 e. The summed E-state index contributed by atoms with van der Waals surface area (Å²) in [5, 5.41) is 2.99. The molecule has 100 valence electrons. The number of primary amides is 1. The lowest BCUT2D eigenvalue weighted by Crippen LogP contribution is -2.17. The fourth-order valence-corrected chi connectivity index (χ4v) is 2.44. The van der Waals surface area contributed by atoms with Gasteiger partial charge in [-0.1, -0.05) is 24.3 Å². The SMILES string of the molecule is NC(=O)Oc1c2c(N)cccc2cc2cccc(N)c12. The number of fused-ring (bicyclic) bond motifs is 2. The summed E-state index contributed by atoms with van der Waals surface area (Å²) in [6, 6.07) is 12.9. The van der Waals surface area contributed by atoms with Gasteiger partial charge in [0.2, 0.25) is 0 Å². The molecule has 5 nitrogen and oxygen atoms in total. The van der Waals surface area contributed by atoms with Crippen LogP contribution in [0.4, 0.5) is 16.2 Å². The van der Waals surface area contributed by atoms with Crippen LogP contribution in [0.15, 0.2) is 42.5 Å². The van der Waals surface area contributed by atoms with Gasteiger partial charge in [0, 0.05) is 22.1 Å². The van der Waals surface area contributed by atoms with Crippen molar-refractivity contribution in [1.29, 1.82) is 0 Å². The third-order valence-corrected chi connectivity index (χ3v) is 3.23. The van der Waals surface area contributed by atoms with Gasteiger partial charge in [0.25, 0.3) is 0 Å². The molecule has 0 aliphatic rings. The Bertz CT molecular complexity index is 783. The number of anilines is 2. The molecule has 0 unspecified atom stereocenters. The van der Waals surface area contributed by atoms with Crippen LogP contribution in [0.25, 0.3) is 21.5 Å². The molecule has 3 aromatic carbocycles. The van der Waals surface area contributed by atoms with E-state index in [0.717, 1.165) is 10.8 Å². The third kappa shape index (κ3) is 1.76. The summed E-state index contributed by atoms with van der Waals surface area (Å²) >= 11 is 0. The van der Waals surface area contributed by atoms with E-state index in [1.807, 2.05) is 30.3 Å². The summed E-state index contributed by atoms with van der Waals surface area (Å²) in [6.07, 6.45) is -0.898. The smallest absolute Gasteiger partial charge is 0.409 e. The minimum absolute atomic E-state index is 0.307. The maximum absolute atomic E-state index is 11.2. The molecule has 0 atom stereocenters. The van der Waals surface area contributed by atoms with Gasteiger partial charge >= 0.3 is 6.09 Å². The average Bonchev–Trinajstić information content (AvgIpc) is 2.37. The Morgan fingerprint density at radius 1 is 0.900 bits per heavy atom. The zero-order valence-corrected chi connectivity index (χ0v) is 10.6. The maximum atomic E-state index is 11.2. The second-order valence-electron chi connectivity index (χ2n) is 4.52. The first-order valence-electron chi connectivity index (χ1n) is 6.04. The van der Waals surface area contributed by atoms with Crippen LogP contribution in [0, 0.1) is 0 Å². The highest BCUT2D eigenvalue weighted by atomic mass is 16.5. The standard InChI is InChI=1S/C15H13N3O2/c16-10-5-1-3-8-7-9-4-2-6-11(17)13(9)14(12(8)10)20-15(18)19/h1-7H,16-17H2,(H2,18,19). The number of hydrogen-bond acceptors (Lipinski definition) is 4. The highest BCUT2D eigenvalue weighted by Gasteiger charge is 2.15. The average molecular weight is 267 g/mol. The number of nitrogen functional groups attached to an aromatic ring is 2. The van der Waals surface area contributed by atoms with Crippen molar-refractivity contribution in [3.05, 3.63) is 42.5 Å². The maximum Gasteiger partial charge on any atom is 0.410 e. The Kier molecular flexibility index (Phi) is 2.61. The van der Waals surface area contributed by atoms with E-state index in [1.54, 1.807) is 12.1 Å². The number of carbonyl (C=O) groups is 1. The van der Waals surface area contributed by atoms with Crippen molar-refractivity contribution in [3.8, 4) is 5.75 Å². The lowest BCUT2D eigenvalue weighted by molar-refractivity contribution is 0.212. The van der Waals surface area contributed by atoms with Crippen LogP contribution in [0.3, 0.4) is 0 Å². The van der Waals surface area contributed by atoms with E-state index in [-0.39, 0.29) is 0 Å². The van der Waals surface area contributed by atoms with Crippen molar-refractivity contribution in [3.63, 3.8) is 0 Å². The first kappa shape index (κ1) is 12.1. The second kappa shape index (κ2) is 4.31. The molecule has 1 amide bonds. The van der Waals surface area contributed by atoms with Crippen molar-refractivity contribution in [2.45, 2.75) is 0 Å². The topological polar surface area (TPSA) is 104 Å². The van der Waals surface area contributed by atoms with Gasteiger partial charge in [-0.05, 0) is 29.0 Å².